The van der Waals surface area contributed by atoms with Crippen LogP contribution in [0.4, 0.5) is 5.69 Å². The molecule has 0 spiro atoms. The predicted octanol–water partition coefficient (Wildman–Crippen LogP) is 0.158. The van der Waals surface area contributed by atoms with E-state index in [1.165, 1.54) is 6.07 Å². The lowest BCUT2D eigenvalue weighted by Crippen LogP contribution is -2.28. The third-order valence-electron chi connectivity index (χ3n) is 1.87. The van der Waals surface area contributed by atoms with E-state index in [2.05, 4.69) is 9.71 Å². The molecule has 0 amide bonds. The summed E-state index contributed by atoms with van der Waals surface area (Å²) in [5.41, 5.74) is 5.85. The van der Waals surface area contributed by atoms with E-state index in [0.717, 1.165) is 0 Å². The smallest absolute Gasteiger partial charge is 0.286 e. The molecule has 5 nitrogen and oxygen atoms in total. The number of amidine groups is 1. The zero-order valence-corrected chi connectivity index (χ0v) is 8.08. The van der Waals surface area contributed by atoms with Gasteiger partial charge in [0, 0.05) is 0 Å². The first-order chi connectivity index (χ1) is 6.63. The maximum absolute atomic E-state index is 11.6. The van der Waals surface area contributed by atoms with Gasteiger partial charge in [0.2, 0.25) is 0 Å². The first-order valence-electron chi connectivity index (χ1n) is 4.03. The van der Waals surface area contributed by atoms with Crippen LogP contribution in [0.3, 0.4) is 0 Å². The summed E-state index contributed by atoms with van der Waals surface area (Å²) in [6.45, 7) is 0.0769. The minimum Gasteiger partial charge on any atom is -0.341 e. The van der Waals surface area contributed by atoms with Gasteiger partial charge >= 0.3 is 0 Å². The van der Waals surface area contributed by atoms with Gasteiger partial charge in [0.25, 0.3) is 10.0 Å². The minimum absolute atomic E-state index is 0.0769. The second-order valence-electron chi connectivity index (χ2n) is 2.84. The summed E-state index contributed by atoms with van der Waals surface area (Å²) in [6.07, 6.45) is 0. The Labute approximate surface area is 81.7 Å². The van der Waals surface area contributed by atoms with Crippen LogP contribution < -0.4 is 11.1 Å². The third-order valence-corrected chi connectivity index (χ3v) is 3.24. The highest BCUT2D eigenvalue weighted by Crippen LogP contribution is 2.25. The number of hydrogen-bond donors (Lipinski definition) is 2. The molecular formula is C8H9N3O2S. The highest BCUT2D eigenvalue weighted by Gasteiger charge is 2.23. The molecule has 1 aromatic carbocycles. The van der Waals surface area contributed by atoms with Crippen molar-refractivity contribution in [2.45, 2.75) is 4.90 Å². The van der Waals surface area contributed by atoms with Crippen molar-refractivity contribution in [1.82, 2.24) is 0 Å². The zero-order chi connectivity index (χ0) is 10.2. The van der Waals surface area contributed by atoms with Gasteiger partial charge in [-0.15, -0.1) is 4.40 Å². The Hall–Kier alpha value is -1.40. The summed E-state index contributed by atoms with van der Waals surface area (Å²) >= 11 is 0. The summed E-state index contributed by atoms with van der Waals surface area (Å²) < 4.78 is 26.6. The van der Waals surface area contributed by atoms with Gasteiger partial charge in [-0.2, -0.15) is 8.42 Å². The lowest BCUT2D eigenvalue weighted by Gasteiger charge is -2.16. The SMILES string of the molecule is NCC1=NS(=O)(=O)c2ccccc2N1. The summed E-state index contributed by atoms with van der Waals surface area (Å²) in [6, 6.07) is 6.59. The van der Waals surface area contributed by atoms with E-state index in [9.17, 15) is 8.42 Å². The molecule has 3 N–H and O–H groups in total. The van der Waals surface area contributed by atoms with Crippen LogP contribution in [0.2, 0.25) is 0 Å². The van der Waals surface area contributed by atoms with E-state index in [0.29, 0.717) is 5.69 Å². The normalized spacial score (nSPS) is 17.9. The summed E-state index contributed by atoms with van der Waals surface area (Å²) in [5, 5.41) is 2.85. The van der Waals surface area contributed by atoms with Gasteiger partial charge in [0.15, 0.2) is 0 Å². The summed E-state index contributed by atoms with van der Waals surface area (Å²) in [5.74, 6) is 0.267. The fourth-order valence-corrected chi connectivity index (χ4v) is 2.41. The Morgan fingerprint density at radius 2 is 2.07 bits per heavy atom. The molecule has 1 aliphatic rings. The summed E-state index contributed by atoms with van der Waals surface area (Å²) in [4.78, 5) is 0.192. The molecular weight excluding hydrogens is 202 g/mol. The maximum atomic E-state index is 11.6. The van der Waals surface area contributed by atoms with Crippen LogP contribution in [0.1, 0.15) is 0 Å². The van der Waals surface area contributed by atoms with Crippen molar-refractivity contribution in [1.29, 1.82) is 0 Å². The van der Waals surface area contributed by atoms with Crippen LogP contribution in [0.5, 0.6) is 0 Å². The molecule has 14 heavy (non-hydrogen) atoms. The van der Waals surface area contributed by atoms with Crippen LogP contribution in [-0.2, 0) is 10.0 Å². The van der Waals surface area contributed by atoms with Crippen molar-refractivity contribution in [3.05, 3.63) is 24.3 Å². The van der Waals surface area contributed by atoms with Gasteiger partial charge < -0.3 is 11.1 Å². The highest BCUT2D eigenvalue weighted by atomic mass is 32.2. The van der Waals surface area contributed by atoms with Gasteiger partial charge in [-0.1, -0.05) is 12.1 Å². The molecule has 1 aliphatic heterocycles. The maximum Gasteiger partial charge on any atom is 0.286 e. The van der Waals surface area contributed by atoms with E-state index < -0.39 is 10.0 Å². The van der Waals surface area contributed by atoms with Crippen molar-refractivity contribution in [3.63, 3.8) is 0 Å². The first kappa shape index (κ1) is 9.17. The lowest BCUT2D eigenvalue weighted by atomic mass is 10.3. The van der Waals surface area contributed by atoms with Crippen LogP contribution in [-0.4, -0.2) is 20.8 Å². The number of fused-ring (bicyclic) bond motifs is 1. The van der Waals surface area contributed by atoms with Gasteiger partial charge in [-0.05, 0) is 12.1 Å². The molecule has 2 rings (SSSR count). The number of benzene rings is 1. The van der Waals surface area contributed by atoms with Crippen molar-refractivity contribution < 1.29 is 8.42 Å². The molecule has 0 bridgehead atoms. The molecule has 1 aromatic rings. The molecule has 0 fully saturated rings. The number of sulfonamides is 1. The van der Waals surface area contributed by atoms with Crippen LogP contribution in [0, 0.1) is 0 Å². The zero-order valence-electron chi connectivity index (χ0n) is 7.27. The predicted molar refractivity (Wildman–Crippen MR) is 53.7 cm³/mol. The number of nitrogens with two attached hydrogens (primary N) is 1. The van der Waals surface area contributed by atoms with Crippen molar-refractivity contribution in [2.24, 2.45) is 10.1 Å². The Kier molecular flexibility index (Phi) is 2.01. The molecule has 0 aliphatic carbocycles. The average molecular weight is 211 g/mol. The van der Waals surface area contributed by atoms with Crippen molar-refractivity contribution in [2.75, 3.05) is 11.9 Å². The topological polar surface area (TPSA) is 84.5 Å². The summed E-state index contributed by atoms with van der Waals surface area (Å²) in [7, 11) is -3.56. The van der Waals surface area contributed by atoms with Crippen LogP contribution in [0.15, 0.2) is 33.6 Å². The van der Waals surface area contributed by atoms with E-state index in [-0.39, 0.29) is 17.3 Å². The molecule has 0 aromatic heterocycles. The largest absolute Gasteiger partial charge is 0.341 e. The molecule has 6 heteroatoms. The Morgan fingerprint density at radius 1 is 1.36 bits per heavy atom. The Balaban J connectivity index is 2.63. The number of hydrogen-bond acceptors (Lipinski definition) is 4. The molecule has 0 unspecified atom stereocenters. The molecule has 0 atom stereocenters. The van der Waals surface area contributed by atoms with Gasteiger partial charge in [0.1, 0.15) is 10.7 Å². The number of anilines is 1. The standard InChI is InChI=1S/C8H9N3O2S/c9-5-8-10-6-3-1-2-4-7(6)14(12,13)11-8/h1-4H,5,9H2,(H,10,11). The minimum atomic E-state index is -3.56. The fraction of sp³-hybridized carbons (Fsp3) is 0.125. The molecule has 0 radical (unpaired) electrons. The number of nitrogens with one attached hydrogen (secondary N) is 1. The molecule has 0 saturated heterocycles. The third kappa shape index (κ3) is 1.38. The fourth-order valence-electron chi connectivity index (χ4n) is 1.26. The monoisotopic (exact) mass is 211 g/mol. The van der Waals surface area contributed by atoms with Crippen LogP contribution >= 0.6 is 0 Å². The molecule has 1 heterocycles. The van der Waals surface area contributed by atoms with E-state index in [4.69, 9.17) is 5.73 Å². The van der Waals surface area contributed by atoms with Gasteiger partial charge in [0.05, 0.1) is 12.2 Å². The van der Waals surface area contributed by atoms with Gasteiger partial charge in [-0.3, -0.25) is 0 Å². The lowest BCUT2D eigenvalue weighted by molar-refractivity contribution is 0.597. The molecule has 0 saturated carbocycles. The van der Waals surface area contributed by atoms with E-state index in [1.807, 2.05) is 0 Å². The number of rotatable bonds is 1. The van der Waals surface area contributed by atoms with Crippen LogP contribution in [0.25, 0.3) is 0 Å². The molecule has 74 valence electrons. The second kappa shape index (κ2) is 3.07. The number of nitrogens with zero attached hydrogens (tertiary/aromatic N) is 1. The van der Waals surface area contributed by atoms with Crippen molar-refractivity contribution >= 4 is 21.5 Å². The Bertz CT molecular complexity index is 493. The van der Waals surface area contributed by atoms with E-state index in [1.54, 1.807) is 18.2 Å². The highest BCUT2D eigenvalue weighted by molar-refractivity contribution is 7.90. The first-order valence-corrected chi connectivity index (χ1v) is 5.47. The second-order valence-corrected chi connectivity index (χ2v) is 4.41. The van der Waals surface area contributed by atoms with Crippen molar-refractivity contribution in [3.8, 4) is 0 Å². The van der Waals surface area contributed by atoms with Gasteiger partial charge in [-0.25, -0.2) is 0 Å². The average Bonchev–Trinajstić information content (AvgIpc) is 2.17. The number of para-hydroxylation sites is 1. The Morgan fingerprint density at radius 3 is 2.79 bits per heavy atom. The van der Waals surface area contributed by atoms with E-state index >= 15 is 0 Å². The quantitative estimate of drug-likeness (QED) is 0.693.